The summed E-state index contributed by atoms with van der Waals surface area (Å²) < 4.78 is 42.1. The van der Waals surface area contributed by atoms with Gasteiger partial charge < -0.3 is 5.32 Å². The van der Waals surface area contributed by atoms with E-state index in [4.69, 9.17) is 4.98 Å². The van der Waals surface area contributed by atoms with Crippen LogP contribution in [0, 0.1) is 13.8 Å². The Morgan fingerprint density at radius 2 is 1.58 bits per heavy atom. The molecule has 0 aliphatic carbocycles. The number of hydrogen-bond donors (Lipinski definition) is 1. The van der Waals surface area contributed by atoms with E-state index >= 15 is 0 Å². The Bertz CT molecular complexity index is 1590. The molecule has 0 aliphatic rings. The van der Waals surface area contributed by atoms with Crippen LogP contribution in [0.4, 0.5) is 19.0 Å². The molecule has 0 atom stereocenters. The van der Waals surface area contributed by atoms with Crippen molar-refractivity contribution < 1.29 is 18.0 Å². The van der Waals surface area contributed by atoms with Gasteiger partial charge in [0, 0.05) is 17.0 Å². The highest BCUT2D eigenvalue weighted by atomic mass is 19.4. The molecule has 36 heavy (non-hydrogen) atoms. The molecule has 0 bridgehead atoms. The fourth-order valence-corrected chi connectivity index (χ4v) is 4.09. The molecular formula is C28H21F3N4O. The van der Waals surface area contributed by atoms with Crippen molar-refractivity contribution in [1.29, 1.82) is 0 Å². The summed E-state index contributed by atoms with van der Waals surface area (Å²) in [5.74, 6) is -0.348. The number of amides is 1. The minimum atomic E-state index is -4.58. The molecule has 0 saturated heterocycles. The zero-order chi connectivity index (χ0) is 25.4. The summed E-state index contributed by atoms with van der Waals surface area (Å²) in [5, 5.41) is 7.63. The van der Waals surface area contributed by atoms with Gasteiger partial charge in [0.25, 0.3) is 5.91 Å². The van der Waals surface area contributed by atoms with Crippen molar-refractivity contribution in [1.82, 2.24) is 14.8 Å². The number of pyridine rings is 1. The van der Waals surface area contributed by atoms with Gasteiger partial charge >= 0.3 is 6.18 Å². The highest BCUT2D eigenvalue weighted by Crippen LogP contribution is 2.35. The van der Waals surface area contributed by atoms with E-state index in [0.29, 0.717) is 27.9 Å². The summed E-state index contributed by atoms with van der Waals surface area (Å²) in [6.45, 7) is 3.64. The van der Waals surface area contributed by atoms with Crippen molar-refractivity contribution in [2.24, 2.45) is 0 Å². The zero-order valence-electron chi connectivity index (χ0n) is 19.5. The fourth-order valence-electron chi connectivity index (χ4n) is 4.09. The smallest absolute Gasteiger partial charge is 0.306 e. The van der Waals surface area contributed by atoms with Crippen LogP contribution < -0.4 is 5.32 Å². The molecule has 2 heterocycles. The van der Waals surface area contributed by atoms with E-state index < -0.39 is 17.6 Å². The maximum atomic E-state index is 13.7. The lowest BCUT2D eigenvalue weighted by molar-refractivity contribution is -0.137. The number of aromatic nitrogens is 3. The normalized spacial score (nSPS) is 11.6. The van der Waals surface area contributed by atoms with Gasteiger partial charge in [-0.3, -0.25) is 4.79 Å². The number of anilines is 1. The first-order valence-corrected chi connectivity index (χ1v) is 11.2. The molecule has 0 radical (unpaired) electrons. The molecule has 5 aromatic rings. The summed E-state index contributed by atoms with van der Waals surface area (Å²) in [4.78, 5) is 18.2. The molecule has 5 nitrogen and oxygen atoms in total. The molecule has 180 valence electrons. The molecule has 8 heteroatoms. The largest absolute Gasteiger partial charge is 0.418 e. The number of para-hydroxylation sites is 2. The van der Waals surface area contributed by atoms with Gasteiger partial charge in [-0.25, -0.2) is 9.67 Å². The minimum absolute atomic E-state index is 0.131. The summed E-state index contributed by atoms with van der Waals surface area (Å²) in [6.07, 6.45) is -4.58. The van der Waals surface area contributed by atoms with Crippen LogP contribution in [0.5, 0.6) is 0 Å². The third-order valence-corrected chi connectivity index (χ3v) is 5.82. The monoisotopic (exact) mass is 486 g/mol. The molecule has 2 aromatic heterocycles. The number of aryl methyl sites for hydroxylation is 2. The number of carbonyl (C=O) groups is 1. The number of benzene rings is 3. The predicted molar refractivity (Wildman–Crippen MR) is 133 cm³/mol. The van der Waals surface area contributed by atoms with Crippen LogP contribution in [0.3, 0.4) is 0 Å². The van der Waals surface area contributed by atoms with E-state index in [1.165, 1.54) is 24.3 Å². The Morgan fingerprint density at radius 1 is 0.889 bits per heavy atom. The van der Waals surface area contributed by atoms with E-state index in [0.717, 1.165) is 21.9 Å². The highest BCUT2D eigenvalue weighted by Gasteiger charge is 2.34. The first kappa shape index (κ1) is 23.3. The zero-order valence-corrected chi connectivity index (χ0v) is 19.5. The van der Waals surface area contributed by atoms with Crippen LogP contribution in [0.2, 0.25) is 0 Å². The summed E-state index contributed by atoms with van der Waals surface area (Å²) >= 11 is 0. The van der Waals surface area contributed by atoms with Crippen molar-refractivity contribution in [3.8, 4) is 16.9 Å². The third-order valence-electron chi connectivity index (χ3n) is 5.82. The molecule has 0 spiro atoms. The van der Waals surface area contributed by atoms with Crippen molar-refractivity contribution in [2.45, 2.75) is 20.0 Å². The van der Waals surface area contributed by atoms with Crippen LogP contribution in [-0.4, -0.2) is 20.7 Å². The molecule has 0 fully saturated rings. The predicted octanol–water partition coefficient (Wildman–Crippen LogP) is 6.98. The molecule has 1 amide bonds. The van der Waals surface area contributed by atoms with Gasteiger partial charge in [0.15, 0.2) is 0 Å². The van der Waals surface area contributed by atoms with Crippen LogP contribution in [-0.2, 0) is 6.18 Å². The van der Waals surface area contributed by atoms with E-state index in [1.807, 2.05) is 43.3 Å². The Hall–Kier alpha value is -4.46. The number of alkyl halides is 3. The number of hydrogen-bond acceptors (Lipinski definition) is 3. The second-order valence-electron chi connectivity index (χ2n) is 8.49. The van der Waals surface area contributed by atoms with Gasteiger partial charge in [-0.2, -0.15) is 18.3 Å². The van der Waals surface area contributed by atoms with Gasteiger partial charge in [-0.15, -0.1) is 0 Å². The Morgan fingerprint density at radius 3 is 2.33 bits per heavy atom. The number of nitrogens with zero attached hydrogens (tertiary/aromatic N) is 3. The molecule has 5 rings (SSSR count). The quantitative estimate of drug-likeness (QED) is 0.298. The minimum Gasteiger partial charge on any atom is -0.306 e. The number of halogens is 3. The molecule has 3 aromatic carbocycles. The summed E-state index contributed by atoms with van der Waals surface area (Å²) in [7, 11) is 0. The van der Waals surface area contributed by atoms with Gasteiger partial charge in [0.2, 0.25) is 0 Å². The van der Waals surface area contributed by atoms with Gasteiger partial charge in [-0.05, 0) is 38.1 Å². The summed E-state index contributed by atoms with van der Waals surface area (Å²) in [5.41, 5.74) is 2.99. The van der Waals surface area contributed by atoms with E-state index in [2.05, 4.69) is 10.4 Å². The van der Waals surface area contributed by atoms with Gasteiger partial charge in [0.1, 0.15) is 5.82 Å². The first-order valence-electron chi connectivity index (χ1n) is 11.2. The van der Waals surface area contributed by atoms with E-state index in [1.54, 1.807) is 25.1 Å². The molecule has 0 aliphatic heterocycles. The van der Waals surface area contributed by atoms with Crippen LogP contribution in [0.1, 0.15) is 27.2 Å². The standard InChI is InChI=1S/C28H21F3N4O/c1-17-11-13-19(14-12-17)24-16-21(20-7-3-5-9-23(20)32-24)27(36)33-26-15-18(2)34-35(26)25-10-6-4-8-22(25)28(29,30)31/h3-16H,1-2H3,(H,33,36). The van der Waals surface area contributed by atoms with Crippen molar-refractivity contribution in [3.05, 3.63) is 107 Å². The van der Waals surface area contributed by atoms with Crippen molar-refractivity contribution in [2.75, 3.05) is 5.32 Å². The van der Waals surface area contributed by atoms with Gasteiger partial charge in [-0.1, -0.05) is 60.2 Å². The first-order chi connectivity index (χ1) is 17.2. The number of fused-ring (bicyclic) bond motifs is 1. The number of carbonyl (C=O) groups excluding carboxylic acids is 1. The lowest BCUT2D eigenvalue weighted by atomic mass is 10.0. The average Bonchev–Trinajstić information content (AvgIpc) is 3.22. The molecule has 0 unspecified atom stereocenters. The lowest BCUT2D eigenvalue weighted by Crippen LogP contribution is -2.18. The third kappa shape index (κ3) is 4.45. The maximum Gasteiger partial charge on any atom is 0.418 e. The Kier molecular flexibility index (Phi) is 5.80. The topological polar surface area (TPSA) is 59.8 Å². The molecule has 1 N–H and O–H groups in total. The fraction of sp³-hybridized carbons (Fsp3) is 0.107. The van der Waals surface area contributed by atoms with Crippen LogP contribution in [0.15, 0.2) is 84.9 Å². The van der Waals surface area contributed by atoms with E-state index in [-0.39, 0.29) is 11.5 Å². The average molecular weight is 486 g/mol. The number of nitrogens with one attached hydrogen (secondary N) is 1. The van der Waals surface area contributed by atoms with Crippen LogP contribution in [0.25, 0.3) is 27.8 Å². The van der Waals surface area contributed by atoms with Gasteiger partial charge in [0.05, 0.1) is 33.7 Å². The highest BCUT2D eigenvalue weighted by molar-refractivity contribution is 6.13. The second kappa shape index (κ2) is 8.96. The Balaban J connectivity index is 1.59. The molecule has 0 saturated carbocycles. The maximum absolute atomic E-state index is 13.7. The van der Waals surface area contributed by atoms with Crippen molar-refractivity contribution >= 4 is 22.6 Å². The van der Waals surface area contributed by atoms with Crippen LogP contribution >= 0.6 is 0 Å². The van der Waals surface area contributed by atoms with Crippen molar-refractivity contribution in [3.63, 3.8) is 0 Å². The number of rotatable bonds is 4. The summed E-state index contributed by atoms with van der Waals surface area (Å²) in [6, 6.07) is 23.4. The SMILES string of the molecule is Cc1ccc(-c2cc(C(=O)Nc3cc(C)nn3-c3ccccc3C(F)(F)F)c3ccccc3n2)cc1. The molecular weight excluding hydrogens is 465 g/mol. The lowest BCUT2D eigenvalue weighted by Gasteiger charge is -2.15. The Labute approximate surface area is 205 Å². The second-order valence-corrected chi connectivity index (χ2v) is 8.49. The van der Waals surface area contributed by atoms with E-state index in [9.17, 15) is 18.0 Å².